The van der Waals surface area contributed by atoms with Gasteiger partial charge in [0.1, 0.15) is 0 Å². The van der Waals surface area contributed by atoms with Crippen LogP contribution in [0.4, 0.5) is 0 Å². The molecule has 0 bridgehead atoms. The second-order valence-corrected chi connectivity index (χ2v) is 29.3. The van der Waals surface area contributed by atoms with Crippen molar-refractivity contribution in [3.63, 3.8) is 0 Å². The van der Waals surface area contributed by atoms with E-state index >= 15 is 0 Å². The second kappa shape index (κ2) is 19.5. The number of pyridine rings is 3. The van der Waals surface area contributed by atoms with E-state index in [0.29, 0.717) is 18.2 Å². The molecule has 0 aliphatic heterocycles. The Morgan fingerprint density at radius 1 is 0.750 bits per heavy atom. The van der Waals surface area contributed by atoms with Gasteiger partial charge in [0, 0.05) is 43.3 Å². The first kappa shape index (κ1) is 45.4. The van der Waals surface area contributed by atoms with Crippen LogP contribution in [-0.2, 0) is 33.1 Å². The summed E-state index contributed by atoms with van der Waals surface area (Å²) in [7, 11) is 0. The van der Waals surface area contributed by atoms with E-state index in [1.54, 1.807) is 9.96 Å². The molecule has 8 heteroatoms. The Kier molecular flexibility index (Phi) is 13.8. The summed E-state index contributed by atoms with van der Waals surface area (Å²) in [5.74, 6) is 9.44. The van der Waals surface area contributed by atoms with Crippen molar-refractivity contribution < 1.29 is 24.5 Å². The van der Waals surface area contributed by atoms with Crippen molar-refractivity contribution in [2.24, 2.45) is 5.92 Å². The van der Waals surface area contributed by atoms with Gasteiger partial charge in [-0.05, 0) is 54.7 Å². The predicted molar refractivity (Wildman–Crippen MR) is 263 cm³/mol. The van der Waals surface area contributed by atoms with Gasteiger partial charge in [-0.3, -0.25) is 9.97 Å². The fraction of sp³-hybridized carbons (Fsp3) is 0.286. The third kappa shape index (κ3) is 9.59. The van der Waals surface area contributed by atoms with E-state index in [2.05, 4.69) is 147 Å². The van der Waals surface area contributed by atoms with Gasteiger partial charge in [0.25, 0.3) is 0 Å². The Hall–Kier alpha value is -5.21. The third-order valence-electron chi connectivity index (χ3n) is 12.7. The molecule has 327 valence electrons. The first-order valence-corrected chi connectivity index (χ1v) is 30.0. The number of aromatic nitrogens is 5. The molecule has 0 spiro atoms. The second-order valence-electron chi connectivity index (χ2n) is 18.7. The van der Waals surface area contributed by atoms with Gasteiger partial charge in [-0.25, -0.2) is 4.98 Å². The molecular formula is C56H57GeIrN5O-2. The molecule has 0 N–H and O–H groups in total. The summed E-state index contributed by atoms with van der Waals surface area (Å²) in [5.41, 5.74) is 14.5. The summed E-state index contributed by atoms with van der Waals surface area (Å²) in [4.78, 5) is 19.7. The maximum absolute atomic E-state index is 6.53. The number of hydrogen-bond acceptors (Lipinski definition) is 5. The van der Waals surface area contributed by atoms with Crippen LogP contribution in [0.1, 0.15) is 79.8 Å². The first-order valence-electron chi connectivity index (χ1n) is 22.7. The zero-order chi connectivity index (χ0) is 43.7. The van der Waals surface area contributed by atoms with Crippen LogP contribution in [0.5, 0.6) is 0 Å². The van der Waals surface area contributed by atoms with E-state index in [0.717, 1.165) is 72.9 Å². The Labute approximate surface area is 394 Å². The Balaban J connectivity index is 0.000000199. The molecule has 6 nitrogen and oxygen atoms in total. The molecule has 10 rings (SSSR count). The van der Waals surface area contributed by atoms with Gasteiger partial charge in [-0.15, -0.1) is 18.2 Å². The van der Waals surface area contributed by atoms with Crippen molar-refractivity contribution in [3.8, 4) is 33.9 Å². The Morgan fingerprint density at radius 2 is 1.52 bits per heavy atom. The number of nitrogens with zero attached hydrogens (tertiary/aromatic N) is 5. The van der Waals surface area contributed by atoms with Crippen molar-refractivity contribution in [1.29, 1.82) is 0 Å². The number of furan rings is 1. The molecule has 9 aromatic rings. The molecule has 0 amide bonds. The Morgan fingerprint density at radius 3 is 2.23 bits per heavy atom. The van der Waals surface area contributed by atoms with Crippen LogP contribution in [0.2, 0.25) is 17.3 Å². The van der Waals surface area contributed by atoms with Gasteiger partial charge < -0.3 is 8.98 Å². The van der Waals surface area contributed by atoms with Crippen molar-refractivity contribution >= 4 is 50.8 Å². The van der Waals surface area contributed by atoms with E-state index in [1.807, 2.05) is 36.5 Å². The fourth-order valence-corrected chi connectivity index (χ4v) is 12.7. The van der Waals surface area contributed by atoms with E-state index in [-0.39, 0.29) is 20.1 Å². The largest absolute Gasteiger partial charge is 0 e. The zero-order valence-corrected chi connectivity index (χ0v) is 42.6. The molecule has 5 heterocycles. The summed E-state index contributed by atoms with van der Waals surface area (Å²) in [6.07, 6.45) is 12.5. The number of imidazole rings is 1. The van der Waals surface area contributed by atoms with Crippen molar-refractivity contribution in [2.45, 2.75) is 96.0 Å². The molecule has 1 saturated carbocycles. The molecular weight excluding hydrogens is 1020 g/mol. The third-order valence-corrected chi connectivity index (χ3v) is 17.0. The summed E-state index contributed by atoms with van der Waals surface area (Å²) >= 11 is -1.89. The minimum absolute atomic E-state index is 0. The van der Waals surface area contributed by atoms with Crippen LogP contribution in [-0.4, -0.2) is 37.8 Å². The predicted octanol–water partition coefficient (Wildman–Crippen LogP) is 13.9. The minimum atomic E-state index is -1.89. The van der Waals surface area contributed by atoms with Crippen LogP contribution in [0.3, 0.4) is 0 Å². The van der Waals surface area contributed by atoms with Crippen LogP contribution in [0.15, 0.2) is 126 Å². The summed E-state index contributed by atoms with van der Waals surface area (Å²) in [5, 5.41) is 1.98. The average Bonchev–Trinajstić information content (AvgIpc) is 3.84. The molecule has 4 aromatic carbocycles. The Bertz CT molecular complexity index is 3010. The molecule has 64 heavy (non-hydrogen) atoms. The van der Waals surface area contributed by atoms with Gasteiger partial charge in [0.15, 0.2) is 0 Å². The molecule has 1 fully saturated rings. The smallest absolute Gasteiger partial charge is 0 e. The van der Waals surface area contributed by atoms with Gasteiger partial charge in [0.05, 0.1) is 34.3 Å². The molecule has 5 aromatic heterocycles. The summed E-state index contributed by atoms with van der Waals surface area (Å²) < 4.78 is 10.3. The van der Waals surface area contributed by atoms with Crippen LogP contribution < -0.4 is 4.40 Å². The van der Waals surface area contributed by atoms with Gasteiger partial charge in [-0.1, -0.05) is 73.3 Å². The van der Waals surface area contributed by atoms with Crippen molar-refractivity contribution in [2.75, 3.05) is 0 Å². The number of hydrogen-bond donors (Lipinski definition) is 0. The molecule has 0 unspecified atom stereocenters. The van der Waals surface area contributed by atoms with Gasteiger partial charge in [-0.2, -0.15) is 0 Å². The normalized spacial score (nSPS) is 13.3. The molecule has 0 atom stereocenters. The molecule has 1 aliphatic rings. The number of benzene rings is 4. The van der Waals surface area contributed by atoms with E-state index in [9.17, 15) is 0 Å². The van der Waals surface area contributed by atoms with E-state index < -0.39 is 13.3 Å². The molecule has 1 radical (unpaired) electrons. The van der Waals surface area contributed by atoms with Crippen LogP contribution in [0, 0.1) is 31.9 Å². The van der Waals surface area contributed by atoms with Crippen LogP contribution in [0.25, 0.3) is 67.0 Å². The van der Waals surface area contributed by atoms with Crippen LogP contribution >= 0.6 is 0 Å². The molecule has 0 saturated heterocycles. The van der Waals surface area contributed by atoms with Gasteiger partial charge in [0.2, 0.25) is 5.71 Å². The average molecular weight is 1080 g/mol. The first-order chi connectivity index (χ1) is 30.5. The number of rotatable bonds is 9. The van der Waals surface area contributed by atoms with Crippen molar-refractivity contribution in [1.82, 2.24) is 24.5 Å². The molecule has 1 aliphatic carbocycles. The maximum atomic E-state index is 6.53. The quantitative estimate of drug-likeness (QED) is 0.106. The number of fused-ring (bicyclic) bond motifs is 4. The summed E-state index contributed by atoms with van der Waals surface area (Å²) in [6, 6.07) is 44.4. The van der Waals surface area contributed by atoms with E-state index in [4.69, 9.17) is 24.4 Å². The minimum Gasteiger partial charge on any atom is 0 e. The zero-order valence-electron chi connectivity index (χ0n) is 38.1. The fourth-order valence-electron chi connectivity index (χ4n) is 9.36. The standard InChI is InChI=1S/C35H29N4O.C21H28GeN.Ir/c1-21(2)29-18-30-31(19-36-29)39(20-24-12-6-5-7-13-24)34(37-30)27-15-9-14-25-26-16-17-28(38-35(26)40-33(25)27)32-22(3)10-8-11-23(32)4;1-22(2,3)20-16-23-21(18-12-8-5-9-13-18)15-19(20)14-17-10-6-4-7-11-17;/h5-14,16-19,21H,20H2,1-4H3;5,8-9,12,15-17H,4,6-7,10-11,14H2,1-3H3;/q2*-1;. The monoisotopic (exact) mass is 1080 g/mol. The maximum Gasteiger partial charge on any atom is 0 e. The topological polar surface area (TPSA) is 69.6 Å². The van der Waals surface area contributed by atoms with Crippen molar-refractivity contribution in [3.05, 3.63) is 162 Å². The summed E-state index contributed by atoms with van der Waals surface area (Å²) in [6.45, 7) is 9.21. The SMILES string of the molecule is Cc1cccc(C)c1-c1ccc2c(n1)oc1c(-c3nc4cc(C(C)C)ncc4n3Cc3ccccc3)[c-]ccc12.[CH3][Ge]([CH3])([CH3])[c]1cnc(-c2[c-]cccc2)cc1CC1CCCCC1.[Ir]. The van der Waals surface area contributed by atoms with E-state index in [1.165, 1.54) is 55.2 Å². The van der Waals surface area contributed by atoms with Gasteiger partial charge >= 0.3 is 144 Å². The number of aryl methyl sites for hydroxylation is 2.